The predicted molar refractivity (Wildman–Crippen MR) is 80.1 cm³/mol. The van der Waals surface area contributed by atoms with Crippen molar-refractivity contribution in [2.45, 2.75) is 52.0 Å². The number of rotatable bonds is 2. The van der Waals surface area contributed by atoms with Crippen molar-refractivity contribution in [2.75, 3.05) is 5.73 Å². The zero-order chi connectivity index (χ0) is 14.3. The van der Waals surface area contributed by atoms with Crippen LogP contribution in [0.15, 0.2) is 12.1 Å². The van der Waals surface area contributed by atoms with Crippen molar-refractivity contribution >= 4 is 17.0 Å². The third-order valence-electron chi connectivity index (χ3n) is 4.72. The molecule has 0 spiro atoms. The average Bonchev–Trinajstić information content (AvgIpc) is 2.74. The first-order chi connectivity index (χ1) is 9.61. The quantitative estimate of drug-likeness (QED) is 0.892. The molecule has 2 aromatic rings. The maximum absolute atomic E-state index is 13.7. The minimum Gasteiger partial charge on any atom is -0.369 e. The van der Waals surface area contributed by atoms with Crippen LogP contribution in [0.25, 0.3) is 11.0 Å². The molecule has 0 radical (unpaired) electrons. The highest BCUT2D eigenvalue weighted by Gasteiger charge is 2.28. The van der Waals surface area contributed by atoms with Crippen LogP contribution in [0, 0.1) is 18.7 Å². The van der Waals surface area contributed by atoms with Gasteiger partial charge >= 0.3 is 0 Å². The Bertz CT molecular complexity index is 632. The Morgan fingerprint density at radius 3 is 2.85 bits per heavy atom. The van der Waals surface area contributed by atoms with Crippen molar-refractivity contribution in [2.24, 2.45) is 5.92 Å². The van der Waals surface area contributed by atoms with Gasteiger partial charge in [-0.2, -0.15) is 0 Å². The van der Waals surface area contributed by atoms with Gasteiger partial charge in [0.2, 0.25) is 5.95 Å². The van der Waals surface area contributed by atoms with E-state index < -0.39 is 0 Å². The summed E-state index contributed by atoms with van der Waals surface area (Å²) in [6.07, 6.45) is 6.09. The van der Waals surface area contributed by atoms with Gasteiger partial charge in [-0.3, -0.25) is 0 Å². The second-order valence-electron chi connectivity index (χ2n) is 5.95. The van der Waals surface area contributed by atoms with E-state index in [1.807, 2.05) is 6.07 Å². The zero-order valence-corrected chi connectivity index (χ0v) is 12.2. The van der Waals surface area contributed by atoms with Crippen LogP contribution in [0.2, 0.25) is 0 Å². The molecule has 0 amide bonds. The van der Waals surface area contributed by atoms with Crippen molar-refractivity contribution < 1.29 is 4.39 Å². The third-order valence-corrected chi connectivity index (χ3v) is 4.72. The molecule has 1 aromatic carbocycles. The van der Waals surface area contributed by atoms with Gasteiger partial charge in [0.15, 0.2) is 0 Å². The van der Waals surface area contributed by atoms with Crippen molar-refractivity contribution in [1.29, 1.82) is 0 Å². The van der Waals surface area contributed by atoms with Gasteiger partial charge in [-0.25, -0.2) is 9.37 Å². The van der Waals surface area contributed by atoms with Crippen LogP contribution in [-0.4, -0.2) is 9.55 Å². The minimum absolute atomic E-state index is 0.210. The SMILES string of the molecule is CCC1CCCCC1n1c(N)nc2cc(F)c(C)cc21. The number of fused-ring (bicyclic) bond motifs is 1. The van der Waals surface area contributed by atoms with E-state index in [1.54, 1.807) is 6.92 Å². The first-order valence-corrected chi connectivity index (χ1v) is 7.55. The molecule has 2 N–H and O–H groups in total. The second kappa shape index (κ2) is 5.08. The summed E-state index contributed by atoms with van der Waals surface area (Å²) in [7, 11) is 0. The Balaban J connectivity index is 2.14. The fourth-order valence-corrected chi connectivity index (χ4v) is 3.59. The Labute approximate surface area is 119 Å². The summed E-state index contributed by atoms with van der Waals surface area (Å²) in [5.41, 5.74) is 8.44. The number of aryl methyl sites for hydroxylation is 1. The standard InChI is InChI=1S/C16H22FN3/c1-3-11-6-4-5-7-14(11)20-15-8-10(2)12(17)9-13(15)19-16(20)18/h8-9,11,14H,3-7H2,1-2H3,(H2,18,19). The summed E-state index contributed by atoms with van der Waals surface area (Å²) in [5.74, 6) is 0.960. The van der Waals surface area contributed by atoms with Crippen molar-refractivity contribution in [3.63, 3.8) is 0 Å². The highest BCUT2D eigenvalue weighted by molar-refractivity contribution is 5.79. The van der Waals surface area contributed by atoms with Crippen LogP contribution in [0.1, 0.15) is 50.6 Å². The van der Waals surface area contributed by atoms with E-state index in [0.29, 0.717) is 29.0 Å². The van der Waals surface area contributed by atoms with E-state index in [1.165, 1.54) is 25.3 Å². The number of benzene rings is 1. The summed E-state index contributed by atoms with van der Waals surface area (Å²) in [4.78, 5) is 4.36. The van der Waals surface area contributed by atoms with Gasteiger partial charge in [0, 0.05) is 12.1 Å². The molecular weight excluding hydrogens is 253 g/mol. The predicted octanol–water partition coefficient (Wildman–Crippen LogP) is 4.21. The summed E-state index contributed by atoms with van der Waals surface area (Å²) in [6.45, 7) is 4.03. The summed E-state index contributed by atoms with van der Waals surface area (Å²) < 4.78 is 15.8. The third kappa shape index (κ3) is 2.07. The normalized spacial score (nSPS) is 23.4. The molecular formula is C16H22FN3. The smallest absolute Gasteiger partial charge is 0.201 e. The molecule has 0 bridgehead atoms. The Hall–Kier alpha value is -1.58. The summed E-state index contributed by atoms with van der Waals surface area (Å²) in [6, 6.07) is 3.79. The molecule has 1 saturated carbocycles. The van der Waals surface area contributed by atoms with Crippen LogP contribution in [0.4, 0.5) is 10.3 Å². The largest absolute Gasteiger partial charge is 0.369 e. The number of imidazole rings is 1. The molecule has 1 fully saturated rings. The van der Waals surface area contributed by atoms with Gasteiger partial charge in [0.25, 0.3) is 0 Å². The first-order valence-electron chi connectivity index (χ1n) is 7.55. The lowest BCUT2D eigenvalue weighted by Gasteiger charge is -2.32. The van der Waals surface area contributed by atoms with Gasteiger partial charge in [-0.15, -0.1) is 0 Å². The van der Waals surface area contributed by atoms with E-state index >= 15 is 0 Å². The van der Waals surface area contributed by atoms with E-state index in [4.69, 9.17) is 5.73 Å². The van der Waals surface area contributed by atoms with Gasteiger partial charge < -0.3 is 10.3 Å². The molecule has 2 unspecified atom stereocenters. The van der Waals surface area contributed by atoms with Crippen LogP contribution < -0.4 is 5.73 Å². The second-order valence-corrected chi connectivity index (χ2v) is 5.95. The molecule has 3 nitrogen and oxygen atoms in total. The number of halogens is 1. The van der Waals surface area contributed by atoms with Gasteiger partial charge in [0.05, 0.1) is 11.0 Å². The zero-order valence-electron chi connectivity index (χ0n) is 12.2. The Kier molecular flexibility index (Phi) is 3.40. The van der Waals surface area contributed by atoms with E-state index in [-0.39, 0.29) is 5.82 Å². The number of nitrogen functional groups attached to an aromatic ring is 1. The van der Waals surface area contributed by atoms with Crippen molar-refractivity contribution in [1.82, 2.24) is 9.55 Å². The number of aromatic nitrogens is 2. The van der Waals surface area contributed by atoms with Crippen LogP contribution in [0.5, 0.6) is 0 Å². The molecule has 108 valence electrons. The molecule has 2 atom stereocenters. The van der Waals surface area contributed by atoms with Crippen LogP contribution >= 0.6 is 0 Å². The summed E-state index contributed by atoms with van der Waals surface area (Å²) in [5, 5.41) is 0. The molecule has 3 rings (SSSR count). The molecule has 1 heterocycles. The fraction of sp³-hybridized carbons (Fsp3) is 0.562. The van der Waals surface area contributed by atoms with E-state index in [2.05, 4.69) is 16.5 Å². The van der Waals surface area contributed by atoms with E-state index in [0.717, 1.165) is 18.4 Å². The lowest BCUT2D eigenvalue weighted by atomic mass is 9.82. The topological polar surface area (TPSA) is 43.8 Å². The monoisotopic (exact) mass is 275 g/mol. The molecule has 0 aliphatic heterocycles. The molecule has 1 aromatic heterocycles. The number of anilines is 1. The van der Waals surface area contributed by atoms with Crippen molar-refractivity contribution in [3.05, 3.63) is 23.5 Å². The maximum atomic E-state index is 13.7. The van der Waals surface area contributed by atoms with Gasteiger partial charge in [-0.1, -0.05) is 26.2 Å². The number of nitrogens with two attached hydrogens (primary N) is 1. The Morgan fingerprint density at radius 1 is 1.35 bits per heavy atom. The van der Waals surface area contributed by atoms with Crippen LogP contribution in [0.3, 0.4) is 0 Å². The molecule has 1 aliphatic rings. The fourth-order valence-electron chi connectivity index (χ4n) is 3.59. The minimum atomic E-state index is -0.210. The number of hydrogen-bond donors (Lipinski definition) is 1. The van der Waals surface area contributed by atoms with Crippen LogP contribution in [-0.2, 0) is 0 Å². The average molecular weight is 275 g/mol. The lowest BCUT2D eigenvalue weighted by molar-refractivity contribution is 0.239. The highest BCUT2D eigenvalue weighted by Crippen LogP contribution is 2.39. The highest BCUT2D eigenvalue weighted by atomic mass is 19.1. The van der Waals surface area contributed by atoms with Crippen molar-refractivity contribution in [3.8, 4) is 0 Å². The number of nitrogens with zero attached hydrogens (tertiary/aromatic N) is 2. The maximum Gasteiger partial charge on any atom is 0.201 e. The molecule has 1 aliphatic carbocycles. The first kappa shape index (κ1) is 13.4. The lowest BCUT2D eigenvalue weighted by Crippen LogP contribution is -2.24. The summed E-state index contributed by atoms with van der Waals surface area (Å²) >= 11 is 0. The number of hydrogen-bond acceptors (Lipinski definition) is 2. The molecule has 0 saturated heterocycles. The van der Waals surface area contributed by atoms with Gasteiger partial charge in [0.1, 0.15) is 5.82 Å². The molecule has 4 heteroatoms. The molecule has 20 heavy (non-hydrogen) atoms. The van der Waals surface area contributed by atoms with E-state index in [9.17, 15) is 4.39 Å². The Morgan fingerprint density at radius 2 is 2.10 bits per heavy atom. The van der Waals surface area contributed by atoms with Gasteiger partial charge in [-0.05, 0) is 37.3 Å².